The van der Waals surface area contributed by atoms with Crippen LogP contribution in [-0.4, -0.2) is 23.8 Å². The van der Waals surface area contributed by atoms with Gasteiger partial charge in [0, 0.05) is 6.92 Å². The summed E-state index contributed by atoms with van der Waals surface area (Å²) in [5.41, 5.74) is 6.66. The average molecular weight is 434 g/mol. The molecule has 0 aromatic heterocycles. The highest BCUT2D eigenvalue weighted by Crippen LogP contribution is 2.21. The molecule has 0 aliphatic carbocycles. The fourth-order valence-electron chi connectivity index (χ4n) is 3.26. The van der Waals surface area contributed by atoms with E-state index in [2.05, 4.69) is 16.2 Å². The van der Waals surface area contributed by atoms with Gasteiger partial charge in [-0.1, -0.05) is 60.2 Å². The number of carbonyl (C=O) groups excluding carboxylic acids is 3. The van der Waals surface area contributed by atoms with Crippen LogP contribution >= 0.6 is 0 Å². The van der Waals surface area contributed by atoms with Crippen LogP contribution in [-0.2, 0) is 14.4 Å². The Morgan fingerprint density at radius 2 is 1.59 bits per heavy atom. The Bertz CT molecular complexity index is 1110. The van der Waals surface area contributed by atoms with Crippen molar-refractivity contribution in [1.29, 1.82) is 0 Å². The molecule has 0 unspecified atom stereocenters. The quantitative estimate of drug-likeness (QED) is 0.498. The second-order valence-corrected chi connectivity index (χ2v) is 7.67. The smallest absolute Gasteiger partial charge is 0.279 e. The molecule has 0 heterocycles. The van der Waals surface area contributed by atoms with E-state index in [-0.39, 0.29) is 12.3 Å². The van der Waals surface area contributed by atoms with E-state index in [1.165, 1.54) is 6.92 Å². The predicted octanol–water partition coefficient (Wildman–Crippen LogP) is 3.33. The van der Waals surface area contributed by atoms with Crippen molar-refractivity contribution in [2.45, 2.75) is 39.3 Å². The van der Waals surface area contributed by atoms with Gasteiger partial charge in [-0.25, -0.2) is 0 Å². The topological polar surface area (TPSA) is 96.5 Å². The SMILES string of the molecule is CC(=O)N[C@H](CC(=O)NNC(=O)[C@@H](C)Oc1ccc2ccccc2c1)c1ccc(C)cc1. The van der Waals surface area contributed by atoms with Crippen molar-refractivity contribution in [3.05, 3.63) is 77.9 Å². The number of fused-ring (bicyclic) bond motifs is 1. The van der Waals surface area contributed by atoms with E-state index >= 15 is 0 Å². The van der Waals surface area contributed by atoms with Crippen LogP contribution in [0.5, 0.6) is 5.75 Å². The number of hydrogen-bond acceptors (Lipinski definition) is 4. The van der Waals surface area contributed by atoms with Gasteiger partial charge in [-0.3, -0.25) is 25.2 Å². The van der Waals surface area contributed by atoms with Crippen molar-refractivity contribution in [3.8, 4) is 5.75 Å². The number of amides is 3. The summed E-state index contributed by atoms with van der Waals surface area (Å²) in [4.78, 5) is 36.3. The van der Waals surface area contributed by atoms with Crippen molar-refractivity contribution >= 4 is 28.5 Å². The van der Waals surface area contributed by atoms with Crippen LogP contribution in [0.2, 0.25) is 0 Å². The Morgan fingerprint density at radius 3 is 2.28 bits per heavy atom. The molecule has 3 amide bonds. The molecule has 3 aromatic rings. The third-order valence-electron chi connectivity index (χ3n) is 4.97. The molecule has 3 N–H and O–H groups in total. The second kappa shape index (κ2) is 10.4. The summed E-state index contributed by atoms with van der Waals surface area (Å²) in [5, 5.41) is 4.85. The molecule has 0 radical (unpaired) electrons. The molecule has 0 saturated carbocycles. The maximum Gasteiger partial charge on any atom is 0.279 e. The average Bonchev–Trinajstić information content (AvgIpc) is 2.77. The monoisotopic (exact) mass is 433 g/mol. The van der Waals surface area contributed by atoms with Gasteiger partial charge in [0.1, 0.15) is 5.75 Å². The molecule has 0 saturated heterocycles. The van der Waals surface area contributed by atoms with Crippen LogP contribution in [0.25, 0.3) is 10.8 Å². The molecule has 7 heteroatoms. The Labute approximate surface area is 187 Å². The van der Waals surface area contributed by atoms with Gasteiger partial charge in [-0.05, 0) is 42.3 Å². The summed E-state index contributed by atoms with van der Waals surface area (Å²) in [5.74, 6) is -0.610. The molecule has 0 fully saturated rings. The van der Waals surface area contributed by atoms with E-state index in [4.69, 9.17) is 4.74 Å². The second-order valence-electron chi connectivity index (χ2n) is 7.67. The van der Waals surface area contributed by atoms with Crippen molar-refractivity contribution in [2.24, 2.45) is 0 Å². The van der Waals surface area contributed by atoms with Crippen LogP contribution in [0.1, 0.15) is 37.4 Å². The van der Waals surface area contributed by atoms with Crippen LogP contribution in [0.4, 0.5) is 0 Å². The Morgan fingerprint density at radius 1 is 0.906 bits per heavy atom. The van der Waals surface area contributed by atoms with Gasteiger partial charge in [0.05, 0.1) is 12.5 Å². The van der Waals surface area contributed by atoms with Crippen molar-refractivity contribution in [2.75, 3.05) is 0 Å². The fourth-order valence-corrected chi connectivity index (χ4v) is 3.26. The molecule has 0 aliphatic rings. The van der Waals surface area contributed by atoms with Gasteiger partial charge >= 0.3 is 0 Å². The van der Waals surface area contributed by atoms with E-state index < -0.39 is 24.0 Å². The number of hydrazine groups is 1. The van der Waals surface area contributed by atoms with Gasteiger partial charge in [0.2, 0.25) is 11.8 Å². The third kappa shape index (κ3) is 6.31. The van der Waals surface area contributed by atoms with Crippen LogP contribution in [0.3, 0.4) is 0 Å². The number of rotatable bonds is 7. The molecule has 32 heavy (non-hydrogen) atoms. The lowest BCUT2D eigenvalue weighted by Gasteiger charge is -2.19. The Balaban J connectivity index is 1.54. The summed E-state index contributed by atoms with van der Waals surface area (Å²) >= 11 is 0. The van der Waals surface area contributed by atoms with Gasteiger partial charge in [0.25, 0.3) is 5.91 Å². The lowest BCUT2D eigenvalue weighted by Crippen LogP contribution is -2.48. The number of hydrogen-bond donors (Lipinski definition) is 3. The van der Waals surface area contributed by atoms with Crippen molar-refractivity contribution in [3.63, 3.8) is 0 Å². The molecule has 0 aliphatic heterocycles. The number of benzene rings is 3. The Kier molecular flexibility index (Phi) is 7.44. The highest BCUT2D eigenvalue weighted by atomic mass is 16.5. The van der Waals surface area contributed by atoms with Crippen LogP contribution in [0.15, 0.2) is 66.7 Å². The normalized spacial score (nSPS) is 12.5. The number of carbonyl (C=O) groups is 3. The van der Waals surface area contributed by atoms with Gasteiger partial charge in [-0.15, -0.1) is 0 Å². The first-order chi connectivity index (χ1) is 15.3. The van der Waals surface area contributed by atoms with Crippen LogP contribution in [0, 0.1) is 6.92 Å². The van der Waals surface area contributed by atoms with E-state index in [1.807, 2.05) is 67.6 Å². The third-order valence-corrected chi connectivity index (χ3v) is 4.97. The van der Waals surface area contributed by atoms with E-state index in [9.17, 15) is 14.4 Å². The number of nitrogens with one attached hydrogen (secondary N) is 3. The molecule has 0 spiro atoms. The fraction of sp³-hybridized carbons (Fsp3) is 0.240. The summed E-state index contributed by atoms with van der Waals surface area (Å²) in [7, 11) is 0. The highest BCUT2D eigenvalue weighted by molar-refractivity contribution is 5.86. The molecule has 2 atom stereocenters. The Hall–Kier alpha value is -3.87. The maximum atomic E-state index is 12.4. The largest absolute Gasteiger partial charge is 0.481 e. The molecule has 166 valence electrons. The van der Waals surface area contributed by atoms with Gasteiger partial charge < -0.3 is 10.1 Å². The molecule has 3 aromatic carbocycles. The zero-order chi connectivity index (χ0) is 23.1. The minimum absolute atomic E-state index is 0.0250. The van der Waals surface area contributed by atoms with E-state index in [1.54, 1.807) is 13.0 Å². The van der Waals surface area contributed by atoms with Crippen LogP contribution < -0.4 is 20.9 Å². The van der Waals surface area contributed by atoms with E-state index in [0.29, 0.717) is 5.75 Å². The van der Waals surface area contributed by atoms with Crippen molar-refractivity contribution in [1.82, 2.24) is 16.2 Å². The maximum absolute atomic E-state index is 12.4. The van der Waals surface area contributed by atoms with E-state index in [0.717, 1.165) is 21.9 Å². The summed E-state index contributed by atoms with van der Waals surface area (Å²) in [6, 6.07) is 20.5. The summed E-state index contributed by atoms with van der Waals surface area (Å²) in [6.45, 7) is 4.95. The predicted molar refractivity (Wildman–Crippen MR) is 123 cm³/mol. The molecular formula is C25H27N3O4. The van der Waals surface area contributed by atoms with Crippen molar-refractivity contribution < 1.29 is 19.1 Å². The minimum atomic E-state index is -0.820. The zero-order valence-electron chi connectivity index (χ0n) is 18.3. The molecule has 0 bridgehead atoms. The molecule has 7 nitrogen and oxygen atoms in total. The molecule has 3 rings (SSSR count). The number of ether oxygens (including phenoxy) is 1. The summed E-state index contributed by atoms with van der Waals surface area (Å²) < 4.78 is 5.71. The zero-order valence-corrected chi connectivity index (χ0v) is 18.3. The minimum Gasteiger partial charge on any atom is -0.481 e. The standard InChI is InChI=1S/C25H27N3O4/c1-16-8-10-20(11-9-16)23(26-18(3)29)15-24(30)27-28-25(31)17(2)32-22-13-12-19-6-4-5-7-21(19)14-22/h4-14,17,23H,15H2,1-3H3,(H,26,29)(H,27,30)(H,28,31)/t17-,23-/m1/s1. The first-order valence-electron chi connectivity index (χ1n) is 10.4. The lowest BCUT2D eigenvalue weighted by molar-refractivity contribution is -0.133. The highest BCUT2D eigenvalue weighted by Gasteiger charge is 2.19. The first-order valence-corrected chi connectivity index (χ1v) is 10.4. The van der Waals surface area contributed by atoms with Gasteiger partial charge in [0.15, 0.2) is 6.10 Å². The first kappa shape index (κ1) is 22.8. The summed E-state index contributed by atoms with van der Waals surface area (Å²) in [6.07, 6.45) is -0.845. The number of aryl methyl sites for hydroxylation is 1. The molecular weight excluding hydrogens is 406 g/mol. The lowest BCUT2D eigenvalue weighted by atomic mass is 10.0. The van der Waals surface area contributed by atoms with Gasteiger partial charge in [-0.2, -0.15) is 0 Å².